The molecule has 0 aliphatic rings. The minimum Gasteiger partial charge on any atom is -0.376 e. The first kappa shape index (κ1) is 8.43. The van der Waals surface area contributed by atoms with Gasteiger partial charge in [0, 0.05) is 20.7 Å². The van der Waals surface area contributed by atoms with Crippen molar-refractivity contribution >= 4 is 6.21 Å². The molecule has 0 aromatic carbocycles. The molecule has 0 saturated carbocycles. The second-order valence-corrected chi connectivity index (χ2v) is 1.80. The maximum Gasteiger partial charge on any atom is 0.0836 e. The predicted octanol–water partition coefficient (Wildman–Crippen LogP) is 0.570. The molecule has 0 unspecified atom stereocenters. The Labute approximate surface area is 56.3 Å². The van der Waals surface area contributed by atoms with Crippen molar-refractivity contribution in [3.8, 4) is 0 Å². The van der Waals surface area contributed by atoms with E-state index in [0.717, 1.165) is 6.61 Å². The molecule has 3 nitrogen and oxygen atoms in total. The van der Waals surface area contributed by atoms with E-state index in [1.165, 1.54) is 0 Å². The average Bonchev–Trinajstić information content (AvgIpc) is 1.80. The van der Waals surface area contributed by atoms with Crippen LogP contribution in [0, 0.1) is 0 Å². The summed E-state index contributed by atoms with van der Waals surface area (Å²) in [4.78, 5) is 0. The lowest BCUT2D eigenvalue weighted by Gasteiger charge is -2.01. The summed E-state index contributed by atoms with van der Waals surface area (Å²) in [5.41, 5.74) is 0. The topological polar surface area (TPSA) is 24.8 Å². The van der Waals surface area contributed by atoms with Crippen molar-refractivity contribution in [2.75, 3.05) is 27.3 Å². The van der Waals surface area contributed by atoms with Gasteiger partial charge in [0.25, 0.3) is 0 Å². The van der Waals surface area contributed by atoms with Crippen LogP contribution in [0.5, 0.6) is 0 Å². The van der Waals surface area contributed by atoms with Gasteiger partial charge in [-0.3, -0.25) is 0 Å². The van der Waals surface area contributed by atoms with Crippen LogP contribution in [0.1, 0.15) is 6.92 Å². The average molecular weight is 130 g/mol. The van der Waals surface area contributed by atoms with Crippen LogP contribution in [-0.4, -0.2) is 38.5 Å². The van der Waals surface area contributed by atoms with Crippen molar-refractivity contribution < 1.29 is 4.74 Å². The molecule has 0 aliphatic carbocycles. The Kier molecular flexibility index (Phi) is 5.21. The van der Waals surface area contributed by atoms with Gasteiger partial charge >= 0.3 is 0 Å². The van der Waals surface area contributed by atoms with Crippen molar-refractivity contribution in [3.63, 3.8) is 0 Å². The fourth-order valence-corrected chi connectivity index (χ4v) is 0.367. The highest BCUT2D eigenvalue weighted by Gasteiger charge is 1.77. The molecule has 54 valence electrons. The quantitative estimate of drug-likeness (QED) is 0.316. The fraction of sp³-hybridized carbons (Fsp3) is 0.833. The summed E-state index contributed by atoms with van der Waals surface area (Å²) in [6.45, 7) is 3.32. The number of hydrogen-bond donors (Lipinski definition) is 0. The van der Waals surface area contributed by atoms with Gasteiger partial charge in [0.15, 0.2) is 0 Å². The van der Waals surface area contributed by atoms with Gasteiger partial charge in [-0.05, 0) is 6.92 Å². The first-order valence-corrected chi connectivity index (χ1v) is 3.05. The number of hydrazone groups is 1. The molecule has 0 fully saturated rings. The molecule has 0 radical (unpaired) electrons. The molecule has 0 rings (SSSR count). The lowest BCUT2D eigenvalue weighted by Crippen LogP contribution is -2.04. The Morgan fingerprint density at radius 3 is 2.67 bits per heavy atom. The summed E-state index contributed by atoms with van der Waals surface area (Å²) in [5, 5.41) is 5.68. The standard InChI is InChI=1S/C6H14N2O/c1-4-9-6-5-7-8(2)3/h5H,4,6H2,1-3H3/b7-5+. The summed E-state index contributed by atoms with van der Waals surface area (Å²) >= 11 is 0. The molecular formula is C6H14N2O. The van der Waals surface area contributed by atoms with Crippen molar-refractivity contribution in [2.24, 2.45) is 5.10 Å². The predicted molar refractivity (Wildman–Crippen MR) is 38.7 cm³/mol. The number of nitrogens with zero attached hydrogens (tertiary/aromatic N) is 2. The molecule has 0 spiro atoms. The molecule has 0 N–H and O–H groups in total. The highest BCUT2D eigenvalue weighted by atomic mass is 16.5. The molecule has 9 heavy (non-hydrogen) atoms. The molecule has 0 saturated heterocycles. The van der Waals surface area contributed by atoms with E-state index in [0.29, 0.717) is 6.61 Å². The molecule has 0 atom stereocenters. The third-order valence-corrected chi connectivity index (χ3v) is 0.709. The zero-order valence-electron chi connectivity index (χ0n) is 6.29. The van der Waals surface area contributed by atoms with Crippen molar-refractivity contribution in [2.45, 2.75) is 6.92 Å². The minimum absolute atomic E-state index is 0.606. The van der Waals surface area contributed by atoms with Crippen LogP contribution in [0.25, 0.3) is 0 Å². The van der Waals surface area contributed by atoms with Gasteiger partial charge in [-0.25, -0.2) is 0 Å². The third kappa shape index (κ3) is 7.43. The van der Waals surface area contributed by atoms with Crippen LogP contribution in [0.3, 0.4) is 0 Å². The van der Waals surface area contributed by atoms with Crippen LogP contribution >= 0.6 is 0 Å². The third-order valence-electron chi connectivity index (χ3n) is 0.709. The molecule has 0 aromatic rings. The molecular weight excluding hydrogens is 116 g/mol. The maximum atomic E-state index is 5.01. The van der Waals surface area contributed by atoms with E-state index >= 15 is 0 Å². The monoisotopic (exact) mass is 130 g/mol. The second kappa shape index (κ2) is 5.56. The largest absolute Gasteiger partial charge is 0.376 e. The van der Waals surface area contributed by atoms with E-state index in [1.54, 1.807) is 11.2 Å². The minimum atomic E-state index is 0.606. The van der Waals surface area contributed by atoms with Crippen LogP contribution in [0.15, 0.2) is 5.10 Å². The number of rotatable bonds is 4. The molecule has 0 heterocycles. The van der Waals surface area contributed by atoms with E-state index in [1.807, 2.05) is 21.0 Å². The molecule has 0 aliphatic heterocycles. The molecule has 0 amide bonds. The summed E-state index contributed by atoms with van der Waals surface area (Å²) in [6, 6.07) is 0. The normalized spacial score (nSPS) is 10.6. The highest BCUT2D eigenvalue weighted by molar-refractivity contribution is 5.57. The van der Waals surface area contributed by atoms with E-state index < -0.39 is 0 Å². The van der Waals surface area contributed by atoms with E-state index in [9.17, 15) is 0 Å². The van der Waals surface area contributed by atoms with Gasteiger partial charge < -0.3 is 9.75 Å². The molecule has 0 bridgehead atoms. The van der Waals surface area contributed by atoms with Crippen LogP contribution < -0.4 is 0 Å². The zero-order valence-corrected chi connectivity index (χ0v) is 6.29. The Hall–Kier alpha value is -0.570. The summed E-state index contributed by atoms with van der Waals surface area (Å²) < 4.78 is 5.01. The van der Waals surface area contributed by atoms with Crippen LogP contribution in [0.2, 0.25) is 0 Å². The van der Waals surface area contributed by atoms with Gasteiger partial charge in [-0.2, -0.15) is 5.10 Å². The smallest absolute Gasteiger partial charge is 0.0836 e. The Morgan fingerprint density at radius 1 is 1.56 bits per heavy atom. The van der Waals surface area contributed by atoms with Gasteiger partial charge in [0.1, 0.15) is 0 Å². The first-order chi connectivity index (χ1) is 4.27. The lowest BCUT2D eigenvalue weighted by atomic mass is 10.8. The summed E-state index contributed by atoms with van der Waals surface area (Å²) in [5.74, 6) is 0. The SMILES string of the molecule is CCOC/C=N/N(C)C. The van der Waals surface area contributed by atoms with E-state index in [-0.39, 0.29) is 0 Å². The Morgan fingerprint density at radius 2 is 2.22 bits per heavy atom. The first-order valence-electron chi connectivity index (χ1n) is 3.05. The fourth-order valence-electron chi connectivity index (χ4n) is 0.367. The summed E-state index contributed by atoms with van der Waals surface area (Å²) in [7, 11) is 3.75. The van der Waals surface area contributed by atoms with E-state index in [4.69, 9.17) is 4.74 Å². The molecule has 0 aromatic heterocycles. The zero-order chi connectivity index (χ0) is 7.11. The lowest BCUT2D eigenvalue weighted by molar-refractivity contribution is 0.189. The Balaban J connectivity index is 3.04. The summed E-state index contributed by atoms with van der Waals surface area (Å²) in [6.07, 6.45) is 1.74. The van der Waals surface area contributed by atoms with Gasteiger partial charge in [-0.15, -0.1) is 0 Å². The molecule has 3 heteroatoms. The number of hydrogen-bond acceptors (Lipinski definition) is 3. The number of ether oxygens (including phenoxy) is 1. The van der Waals surface area contributed by atoms with E-state index in [2.05, 4.69) is 5.10 Å². The highest BCUT2D eigenvalue weighted by Crippen LogP contribution is 1.73. The maximum absolute atomic E-state index is 5.01. The van der Waals surface area contributed by atoms with Crippen molar-refractivity contribution in [1.29, 1.82) is 0 Å². The van der Waals surface area contributed by atoms with Gasteiger partial charge in [0.05, 0.1) is 12.8 Å². The van der Waals surface area contributed by atoms with Crippen LogP contribution in [-0.2, 0) is 4.74 Å². The van der Waals surface area contributed by atoms with Gasteiger partial charge in [0.2, 0.25) is 0 Å². The van der Waals surface area contributed by atoms with Crippen molar-refractivity contribution in [3.05, 3.63) is 0 Å². The second-order valence-electron chi connectivity index (χ2n) is 1.80. The van der Waals surface area contributed by atoms with Gasteiger partial charge in [-0.1, -0.05) is 0 Å². The van der Waals surface area contributed by atoms with Crippen molar-refractivity contribution in [1.82, 2.24) is 5.01 Å². The van der Waals surface area contributed by atoms with Crippen LogP contribution in [0.4, 0.5) is 0 Å². The Bertz CT molecular complexity index is 81.1.